The molecule has 1 aromatic rings. The van der Waals surface area contributed by atoms with Gasteiger partial charge in [-0.25, -0.2) is 0 Å². The van der Waals surface area contributed by atoms with Crippen LogP contribution in [-0.2, 0) is 6.54 Å². The molecule has 2 rings (SSSR count). The molecule has 1 fully saturated rings. The van der Waals surface area contributed by atoms with E-state index in [0.717, 1.165) is 36.7 Å². The van der Waals surface area contributed by atoms with Crippen LogP contribution in [0.4, 0.5) is 5.69 Å². The highest BCUT2D eigenvalue weighted by molar-refractivity contribution is 5.46. The van der Waals surface area contributed by atoms with Crippen molar-refractivity contribution in [1.82, 2.24) is 4.90 Å². The maximum atomic E-state index is 6.08. The van der Waals surface area contributed by atoms with Gasteiger partial charge in [-0.05, 0) is 49.3 Å². The molecule has 0 radical (unpaired) electrons. The molecule has 3 unspecified atom stereocenters. The number of rotatable bonds is 4. The standard InChI is InChI=1S/C17H28N2/c1-4-19(12-15-7-5-6-8-17(15)18)16-10-9-13(2)14(3)11-16/h5-8,13-14,16H,4,9-12,18H2,1-3H3. The molecule has 2 nitrogen and oxygen atoms in total. The van der Waals surface area contributed by atoms with E-state index < -0.39 is 0 Å². The molecule has 0 saturated heterocycles. The van der Waals surface area contributed by atoms with E-state index in [0.29, 0.717) is 0 Å². The summed E-state index contributed by atoms with van der Waals surface area (Å²) in [5.41, 5.74) is 8.28. The summed E-state index contributed by atoms with van der Waals surface area (Å²) in [6.45, 7) is 9.17. The third kappa shape index (κ3) is 3.50. The Kier molecular flexibility index (Phi) is 4.87. The first-order chi connectivity index (χ1) is 9.11. The highest BCUT2D eigenvalue weighted by Crippen LogP contribution is 2.32. The second-order valence-corrected chi connectivity index (χ2v) is 6.18. The van der Waals surface area contributed by atoms with Crippen LogP contribution in [0.3, 0.4) is 0 Å². The number of hydrogen-bond acceptors (Lipinski definition) is 2. The molecular weight excluding hydrogens is 232 g/mol. The molecule has 0 amide bonds. The van der Waals surface area contributed by atoms with Crippen molar-refractivity contribution in [2.24, 2.45) is 11.8 Å². The molecular formula is C17H28N2. The average molecular weight is 260 g/mol. The van der Waals surface area contributed by atoms with Crippen LogP contribution in [-0.4, -0.2) is 17.5 Å². The van der Waals surface area contributed by atoms with E-state index in [2.05, 4.69) is 37.8 Å². The maximum Gasteiger partial charge on any atom is 0.0359 e. The molecule has 0 aliphatic heterocycles. The van der Waals surface area contributed by atoms with Crippen LogP contribution in [0, 0.1) is 11.8 Å². The van der Waals surface area contributed by atoms with Crippen molar-refractivity contribution in [2.45, 2.75) is 52.6 Å². The van der Waals surface area contributed by atoms with E-state index in [1.807, 2.05) is 12.1 Å². The predicted octanol–water partition coefficient (Wildman–Crippen LogP) is 3.92. The zero-order valence-corrected chi connectivity index (χ0v) is 12.6. The fourth-order valence-corrected chi connectivity index (χ4v) is 3.25. The number of nitrogens with two attached hydrogens (primary N) is 1. The smallest absolute Gasteiger partial charge is 0.0359 e. The summed E-state index contributed by atoms with van der Waals surface area (Å²) >= 11 is 0. The molecule has 106 valence electrons. The fraction of sp³-hybridized carbons (Fsp3) is 0.647. The van der Waals surface area contributed by atoms with Crippen molar-refractivity contribution in [3.05, 3.63) is 29.8 Å². The van der Waals surface area contributed by atoms with Gasteiger partial charge >= 0.3 is 0 Å². The summed E-state index contributed by atoms with van der Waals surface area (Å²) in [7, 11) is 0. The molecule has 1 aliphatic rings. The molecule has 1 aromatic carbocycles. The van der Waals surface area contributed by atoms with Crippen molar-refractivity contribution in [1.29, 1.82) is 0 Å². The molecule has 3 atom stereocenters. The number of nitrogens with zero attached hydrogens (tertiary/aromatic N) is 1. The van der Waals surface area contributed by atoms with Gasteiger partial charge in [0, 0.05) is 18.3 Å². The molecule has 2 N–H and O–H groups in total. The van der Waals surface area contributed by atoms with Crippen molar-refractivity contribution >= 4 is 5.69 Å². The van der Waals surface area contributed by atoms with Gasteiger partial charge in [-0.15, -0.1) is 0 Å². The van der Waals surface area contributed by atoms with E-state index >= 15 is 0 Å². The van der Waals surface area contributed by atoms with E-state index in [1.54, 1.807) is 0 Å². The lowest BCUT2D eigenvalue weighted by atomic mass is 9.78. The third-order valence-corrected chi connectivity index (χ3v) is 4.92. The lowest BCUT2D eigenvalue weighted by Gasteiger charge is -2.39. The third-order valence-electron chi connectivity index (χ3n) is 4.92. The van der Waals surface area contributed by atoms with E-state index in [1.165, 1.54) is 24.8 Å². The first-order valence-corrected chi connectivity index (χ1v) is 7.69. The van der Waals surface area contributed by atoms with Crippen LogP contribution < -0.4 is 5.73 Å². The van der Waals surface area contributed by atoms with Crippen molar-refractivity contribution in [2.75, 3.05) is 12.3 Å². The van der Waals surface area contributed by atoms with Crippen LogP contribution in [0.2, 0.25) is 0 Å². The number of benzene rings is 1. The van der Waals surface area contributed by atoms with Gasteiger partial charge in [0.2, 0.25) is 0 Å². The summed E-state index contributed by atoms with van der Waals surface area (Å²) in [6.07, 6.45) is 4.04. The minimum Gasteiger partial charge on any atom is -0.398 e. The lowest BCUT2D eigenvalue weighted by Crippen LogP contribution is -2.39. The fourth-order valence-electron chi connectivity index (χ4n) is 3.25. The zero-order valence-electron chi connectivity index (χ0n) is 12.6. The minimum absolute atomic E-state index is 0.732. The van der Waals surface area contributed by atoms with Gasteiger partial charge in [-0.3, -0.25) is 4.90 Å². The molecule has 0 bridgehead atoms. The van der Waals surface area contributed by atoms with Gasteiger partial charge in [-0.1, -0.05) is 39.0 Å². The van der Waals surface area contributed by atoms with E-state index in [4.69, 9.17) is 5.73 Å². The van der Waals surface area contributed by atoms with E-state index in [-0.39, 0.29) is 0 Å². The van der Waals surface area contributed by atoms with Crippen LogP contribution in [0.5, 0.6) is 0 Å². The Hall–Kier alpha value is -1.02. The topological polar surface area (TPSA) is 29.3 Å². The Bertz CT molecular complexity index is 402. The number of hydrogen-bond donors (Lipinski definition) is 1. The van der Waals surface area contributed by atoms with Crippen LogP contribution in [0.25, 0.3) is 0 Å². The van der Waals surface area contributed by atoms with Crippen LogP contribution >= 0.6 is 0 Å². The lowest BCUT2D eigenvalue weighted by molar-refractivity contribution is 0.108. The van der Waals surface area contributed by atoms with Crippen molar-refractivity contribution in [3.63, 3.8) is 0 Å². The molecule has 2 heteroatoms. The van der Waals surface area contributed by atoms with E-state index in [9.17, 15) is 0 Å². The SMILES string of the molecule is CCN(Cc1ccccc1N)C1CCC(C)C(C)C1. The molecule has 19 heavy (non-hydrogen) atoms. The summed E-state index contributed by atoms with van der Waals surface area (Å²) in [5.74, 6) is 1.73. The summed E-state index contributed by atoms with van der Waals surface area (Å²) in [4.78, 5) is 2.61. The summed E-state index contributed by atoms with van der Waals surface area (Å²) in [5, 5.41) is 0. The Morgan fingerprint density at radius 3 is 2.53 bits per heavy atom. The minimum atomic E-state index is 0.732. The highest BCUT2D eigenvalue weighted by Gasteiger charge is 2.28. The van der Waals surface area contributed by atoms with Crippen molar-refractivity contribution < 1.29 is 0 Å². The first-order valence-electron chi connectivity index (χ1n) is 7.69. The second-order valence-electron chi connectivity index (χ2n) is 6.18. The van der Waals surface area contributed by atoms with Gasteiger partial charge in [0.05, 0.1) is 0 Å². The monoisotopic (exact) mass is 260 g/mol. The van der Waals surface area contributed by atoms with Gasteiger partial charge in [0.1, 0.15) is 0 Å². The van der Waals surface area contributed by atoms with Gasteiger partial charge < -0.3 is 5.73 Å². The Morgan fingerprint density at radius 1 is 1.16 bits per heavy atom. The first kappa shape index (κ1) is 14.4. The van der Waals surface area contributed by atoms with Gasteiger partial charge in [0.15, 0.2) is 0 Å². The Morgan fingerprint density at radius 2 is 1.89 bits per heavy atom. The van der Waals surface area contributed by atoms with Gasteiger partial charge in [-0.2, -0.15) is 0 Å². The summed E-state index contributed by atoms with van der Waals surface area (Å²) < 4.78 is 0. The molecule has 0 heterocycles. The predicted molar refractivity (Wildman–Crippen MR) is 82.9 cm³/mol. The summed E-state index contributed by atoms with van der Waals surface area (Å²) in [6, 6.07) is 9.00. The normalized spacial score (nSPS) is 27.7. The molecule has 1 saturated carbocycles. The number of nitrogen functional groups attached to an aromatic ring is 1. The largest absolute Gasteiger partial charge is 0.398 e. The Labute approximate surface area is 118 Å². The second kappa shape index (κ2) is 6.42. The van der Waals surface area contributed by atoms with Gasteiger partial charge in [0.25, 0.3) is 0 Å². The van der Waals surface area contributed by atoms with Crippen molar-refractivity contribution in [3.8, 4) is 0 Å². The molecule has 1 aliphatic carbocycles. The maximum absolute atomic E-state index is 6.08. The zero-order chi connectivity index (χ0) is 13.8. The quantitative estimate of drug-likeness (QED) is 0.832. The highest BCUT2D eigenvalue weighted by atomic mass is 15.1. The molecule has 0 spiro atoms. The van der Waals surface area contributed by atoms with Crippen LogP contribution in [0.15, 0.2) is 24.3 Å². The number of anilines is 1. The Balaban J connectivity index is 2.02. The average Bonchev–Trinajstić information content (AvgIpc) is 2.41. The molecule has 0 aromatic heterocycles. The number of para-hydroxylation sites is 1. The van der Waals surface area contributed by atoms with Crippen LogP contribution in [0.1, 0.15) is 45.6 Å².